The summed E-state index contributed by atoms with van der Waals surface area (Å²) in [5, 5.41) is 20.3. The van der Waals surface area contributed by atoms with Crippen molar-refractivity contribution < 1.29 is 24.2 Å². The van der Waals surface area contributed by atoms with E-state index in [0.717, 1.165) is 33.2 Å². The van der Waals surface area contributed by atoms with Gasteiger partial charge in [0.25, 0.3) is 5.91 Å². The first-order valence-corrected chi connectivity index (χ1v) is 20.3. The first kappa shape index (κ1) is 41.4. The molecule has 0 unspecified atom stereocenters. The first-order valence-electron chi connectivity index (χ1n) is 20.3. The number of hydrogen-bond acceptors (Lipinski definition) is 8. The van der Waals surface area contributed by atoms with E-state index in [2.05, 4.69) is 25.8 Å². The average molecular weight is 807 g/mol. The van der Waals surface area contributed by atoms with Gasteiger partial charge in [0.05, 0.1) is 11.2 Å². The molecule has 1 aromatic heterocycles. The number of carbonyl (C=O) groups is 3. The number of hydrogen-bond donors (Lipinski definition) is 5. The molecule has 3 amide bonds. The van der Waals surface area contributed by atoms with Crippen LogP contribution in [0.15, 0.2) is 126 Å². The van der Waals surface area contributed by atoms with Crippen molar-refractivity contribution in [3.63, 3.8) is 0 Å². The Kier molecular flexibility index (Phi) is 13.3. The summed E-state index contributed by atoms with van der Waals surface area (Å²) in [5.41, 5.74) is 7.54. The number of benzene rings is 5. The van der Waals surface area contributed by atoms with Gasteiger partial charge in [-0.15, -0.1) is 0 Å². The Balaban J connectivity index is 0.838. The number of phenols is 1. The summed E-state index contributed by atoms with van der Waals surface area (Å²) in [6.45, 7) is 5.24. The fraction of sp³-hybridized carbons (Fsp3) is 0.250. The second kappa shape index (κ2) is 19.3. The molecule has 0 spiro atoms. The molecule has 1 aliphatic heterocycles. The van der Waals surface area contributed by atoms with Gasteiger partial charge in [0.1, 0.15) is 11.9 Å². The third-order valence-electron chi connectivity index (χ3n) is 11.0. The Labute approximate surface area is 349 Å². The Morgan fingerprint density at radius 2 is 1.62 bits per heavy atom. The molecular formula is C48H50N6O6. The van der Waals surface area contributed by atoms with Crippen LogP contribution in [0.5, 0.6) is 5.75 Å². The number of pyridine rings is 1. The monoisotopic (exact) mass is 806 g/mol. The van der Waals surface area contributed by atoms with Crippen LogP contribution in [0, 0.1) is 6.92 Å². The minimum atomic E-state index is -0.474. The third-order valence-corrected chi connectivity index (χ3v) is 11.0. The van der Waals surface area contributed by atoms with Crippen LogP contribution in [0.3, 0.4) is 0 Å². The minimum Gasteiger partial charge on any atom is -0.506 e. The van der Waals surface area contributed by atoms with Gasteiger partial charge in [-0.05, 0) is 97.4 Å². The van der Waals surface area contributed by atoms with Crippen molar-refractivity contribution in [3.8, 4) is 16.9 Å². The van der Waals surface area contributed by atoms with Crippen LogP contribution in [0.1, 0.15) is 46.3 Å². The number of piperidine rings is 1. The van der Waals surface area contributed by atoms with Crippen molar-refractivity contribution in [2.45, 2.75) is 45.3 Å². The Morgan fingerprint density at radius 3 is 2.40 bits per heavy atom. The summed E-state index contributed by atoms with van der Waals surface area (Å²) >= 11 is 0. The smallest absolute Gasteiger partial charge is 0.411 e. The number of ether oxygens (including phenoxy) is 1. The van der Waals surface area contributed by atoms with Crippen molar-refractivity contribution >= 4 is 45.9 Å². The largest absolute Gasteiger partial charge is 0.506 e. The molecule has 0 aliphatic carbocycles. The standard InChI is InChI=1S/C48H50N6O6/c1-32-12-15-36(47(58)50-37-17-13-33(14-18-37)31-49-26-22-35-16-20-43(55)46-40(35)19-21-44(56)52-46)30-42(32)53(2)45(57)25-29-54-27-23-38(24-28-54)60-48(59)51-41-11-7-6-10-39(41)34-8-4-3-5-9-34/h3-21,30,38,49,55H,22-29,31H2,1-2H3,(H,50,58)(H,51,59)(H,52,56). The fourth-order valence-corrected chi connectivity index (χ4v) is 7.55. The zero-order valence-electron chi connectivity index (χ0n) is 33.9. The fourth-order valence-electron chi connectivity index (χ4n) is 7.55. The Morgan fingerprint density at radius 1 is 0.867 bits per heavy atom. The van der Waals surface area contributed by atoms with Crippen molar-refractivity contribution in [3.05, 3.63) is 154 Å². The van der Waals surface area contributed by atoms with E-state index < -0.39 is 6.09 Å². The van der Waals surface area contributed by atoms with Gasteiger partial charge in [-0.3, -0.25) is 19.7 Å². The van der Waals surface area contributed by atoms with Gasteiger partial charge >= 0.3 is 6.09 Å². The van der Waals surface area contributed by atoms with Gasteiger partial charge in [0.2, 0.25) is 11.5 Å². The van der Waals surface area contributed by atoms with Crippen LogP contribution in [0.4, 0.5) is 21.9 Å². The van der Waals surface area contributed by atoms with E-state index in [-0.39, 0.29) is 29.2 Å². The molecule has 0 atom stereocenters. The lowest BCUT2D eigenvalue weighted by atomic mass is 10.0. The molecule has 60 heavy (non-hydrogen) atoms. The van der Waals surface area contributed by atoms with Gasteiger partial charge < -0.3 is 35.3 Å². The van der Waals surface area contributed by atoms with Gasteiger partial charge in [-0.2, -0.15) is 0 Å². The van der Waals surface area contributed by atoms with Gasteiger partial charge in [-0.25, -0.2) is 4.79 Å². The summed E-state index contributed by atoms with van der Waals surface area (Å²) in [6, 6.07) is 37.2. The summed E-state index contributed by atoms with van der Waals surface area (Å²) < 4.78 is 5.79. The summed E-state index contributed by atoms with van der Waals surface area (Å²) in [4.78, 5) is 57.8. The van der Waals surface area contributed by atoms with E-state index in [4.69, 9.17) is 4.74 Å². The third kappa shape index (κ3) is 10.5. The van der Waals surface area contributed by atoms with Crippen LogP contribution in [0.2, 0.25) is 0 Å². The summed E-state index contributed by atoms with van der Waals surface area (Å²) in [6.07, 6.45) is 1.70. The molecule has 308 valence electrons. The first-order chi connectivity index (χ1) is 29.1. The number of para-hydroxylation sites is 1. The van der Waals surface area contributed by atoms with Crippen molar-refractivity contribution in [1.82, 2.24) is 15.2 Å². The van der Waals surface area contributed by atoms with Crippen LogP contribution in [0.25, 0.3) is 22.0 Å². The molecule has 12 heteroatoms. The number of aromatic hydroxyl groups is 1. The molecule has 0 saturated carbocycles. The van der Waals surface area contributed by atoms with E-state index in [9.17, 15) is 24.3 Å². The van der Waals surface area contributed by atoms with E-state index in [0.29, 0.717) is 86.5 Å². The van der Waals surface area contributed by atoms with E-state index in [1.165, 1.54) is 6.07 Å². The molecule has 0 bridgehead atoms. The SMILES string of the molecule is Cc1ccc(C(=O)Nc2ccc(CNCCc3ccc(O)c4[nH]c(=O)ccc34)cc2)cc1N(C)C(=O)CCN1CCC(OC(=O)Nc2ccccc2-c2ccccc2)CC1. The van der Waals surface area contributed by atoms with Gasteiger partial charge in [-0.1, -0.05) is 72.8 Å². The molecule has 12 nitrogen and oxygen atoms in total. The molecule has 2 heterocycles. The number of aromatic amines is 1. The zero-order chi connectivity index (χ0) is 42.0. The van der Waals surface area contributed by atoms with Crippen molar-refractivity contribution in [1.29, 1.82) is 0 Å². The zero-order valence-corrected chi connectivity index (χ0v) is 33.9. The van der Waals surface area contributed by atoms with Crippen molar-refractivity contribution in [2.24, 2.45) is 0 Å². The molecule has 7 rings (SSSR count). The second-order valence-corrected chi connectivity index (χ2v) is 15.1. The van der Waals surface area contributed by atoms with Crippen molar-refractivity contribution in [2.75, 3.05) is 48.8 Å². The average Bonchev–Trinajstić information content (AvgIpc) is 3.26. The number of nitrogens with one attached hydrogen (secondary N) is 4. The van der Waals surface area contributed by atoms with Gasteiger partial charge in [0, 0.05) is 73.6 Å². The number of H-pyrrole nitrogens is 1. The number of carbonyl (C=O) groups excluding carboxylic acids is 3. The molecule has 0 radical (unpaired) electrons. The highest BCUT2D eigenvalue weighted by molar-refractivity contribution is 6.06. The lowest BCUT2D eigenvalue weighted by Crippen LogP contribution is -2.40. The molecule has 6 aromatic rings. The van der Waals surface area contributed by atoms with Crippen LogP contribution in [-0.4, -0.2) is 72.2 Å². The highest BCUT2D eigenvalue weighted by Crippen LogP contribution is 2.29. The number of aromatic nitrogens is 1. The number of fused-ring (bicyclic) bond motifs is 1. The van der Waals surface area contributed by atoms with E-state index >= 15 is 0 Å². The predicted molar refractivity (Wildman–Crippen MR) is 237 cm³/mol. The molecule has 1 aliphatic rings. The Bertz CT molecular complexity index is 2510. The quantitative estimate of drug-likeness (QED) is 0.0697. The van der Waals surface area contributed by atoms with Gasteiger partial charge in [0.15, 0.2) is 0 Å². The maximum absolute atomic E-state index is 13.4. The number of nitrogens with zero attached hydrogens (tertiary/aromatic N) is 2. The van der Waals surface area contributed by atoms with Crippen LogP contribution < -0.4 is 26.4 Å². The number of rotatable bonds is 14. The molecular weight excluding hydrogens is 757 g/mol. The van der Waals surface area contributed by atoms with Crippen LogP contribution >= 0.6 is 0 Å². The number of aryl methyl sites for hydroxylation is 1. The summed E-state index contributed by atoms with van der Waals surface area (Å²) in [7, 11) is 1.74. The van der Waals surface area contributed by atoms with Crippen LogP contribution in [-0.2, 0) is 22.5 Å². The van der Waals surface area contributed by atoms with E-state index in [1.54, 1.807) is 36.2 Å². The normalized spacial score (nSPS) is 13.2. The molecule has 5 aromatic carbocycles. The Hall–Kier alpha value is -6.76. The predicted octanol–water partition coefficient (Wildman–Crippen LogP) is 7.86. The lowest BCUT2D eigenvalue weighted by molar-refractivity contribution is -0.118. The number of phenolic OH excluding ortho intramolecular Hbond substituents is 1. The number of amides is 3. The maximum atomic E-state index is 13.4. The number of likely N-dealkylation sites (tertiary alicyclic amines) is 1. The second-order valence-electron chi connectivity index (χ2n) is 15.1. The van der Waals surface area contributed by atoms with E-state index in [1.807, 2.05) is 97.9 Å². The lowest BCUT2D eigenvalue weighted by Gasteiger charge is -2.32. The molecule has 1 saturated heterocycles. The highest BCUT2D eigenvalue weighted by Gasteiger charge is 2.24. The molecule has 1 fully saturated rings. The minimum absolute atomic E-state index is 0.0473. The highest BCUT2D eigenvalue weighted by atomic mass is 16.6. The molecule has 5 N–H and O–H groups in total. The number of anilines is 3. The summed E-state index contributed by atoms with van der Waals surface area (Å²) in [5.74, 6) is -0.279. The maximum Gasteiger partial charge on any atom is 0.411 e. The topological polar surface area (TPSA) is 156 Å².